The molecule has 8 heteroatoms. The number of carbonyl (C=O) groups is 1. The second-order valence-corrected chi connectivity index (χ2v) is 10.5. The number of aryl methyl sites for hydroxylation is 1. The molecule has 2 N–H and O–H groups in total. The van der Waals surface area contributed by atoms with E-state index in [1.165, 1.54) is 0 Å². The topological polar surface area (TPSA) is 78.5 Å². The van der Waals surface area contributed by atoms with Gasteiger partial charge in [-0.15, -0.1) is 0 Å². The largest absolute Gasteiger partial charge is 0.325 e. The average molecular weight is 494 g/mol. The summed E-state index contributed by atoms with van der Waals surface area (Å²) in [4.78, 5) is 15.1. The van der Waals surface area contributed by atoms with Gasteiger partial charge in [0.1, 0.15) is 0 Å². The number of hydrogen-bond acceptors (Lipinski definition) is 4. The third-order valence-corrected chi connectivity index (χ3v) is 7.40. The Kier molecular flexibility index (Phi) is 7.68. The molecule has 1 fully saturated rings. The molecule has 0 aromatic heterocycles. The second-order valence-electron chi connectivity index (χ2n) is 7.84. The zero-order valence-corrected chi connectivity index (χ0v) is 19.7. The highest BCUT2D eigenvalue weighted by Crippen LogP contribution is 2.21. The summed E-state index contributed by atoms with van der Waals surface area (Å²) in [5, 5.41) is 2.95. The standard InChI is InChI=1S/C22H28BrN3O3S/c1-16-8-10-21(11-9-16)30(28,29)24-14-18-5-4-12-26(15-18)17(2)22(27)25-20-7-3-6-19(23)13-20/h3,6-11,13,17-18,24H,4-5,12,14-15H2,1-2H3,(H,25,27). The van der Waals surface area contributed by atoms with Gasteiger partial charge < -0.3 is 5.32 Å². The van der Waals surface area contributed by atoms with E-state index in [-0.39, 0.29) is 22.8 Å². The third kappa shape index (κ3) is 6.14. The zero-order valence-electron chi connectivity index (χ0n) is 17.3. The fourth-order valence-corrected chi connectivity index (χ4v) is 5.14. The molecular weight excluding hydrogens is 466 g/mol. The van der Waals surface area contributed by atoms with E-state index in [9.17, 15) is 13.2 Å². The Morgan fingerprint density at radius 1 is 1.23 bits per heavy atom. The minimum absolute atomic E-state index is 0.0611. The average Bonchev–Trinajstić information content (AvgIpc) is 2.72. The van der Waals surface area contributed by atoms with Gasteiger partial charge in [0.2, 0.25) is 15.9 Å². The number of nitrogens with one attached hydrogen (secondary N) is 2. The Labute approximate surface area is 187 Å². The molecule has 0 spiro atoms. The monoisotopic (exact) mass is 493 g/mol. The summed E-state index contributed by atoms with van der Waals surface area (Å²) in [7, 11) is -3.53. The molecule has 0 bridgehead atoms. The number of carbonyl (C=O) groups excluding carboxylic acids is 1. The maximum Gasteiger partial charge on any atom is 0.241 e. The normalized spacial score (nSPS) is 18.7. The third-order valence-electron chi connectivity index (χ3n) is 5.46. The molecule has 2 aromatic rings. The molecule has 0 saturated carbocycles. The van der Waals surface area contributed by atoms with Gasteiger partial charge in [0.15, 0.2) is 0 Å². The fraction of sp³-hybridized carbons (Fsp3) is 0.409. The highest BCUT2D eigenvalue weighted by molar-refractivity contribution is 9.10. The van der Waals surface area contributed by atoms with Crippen molar-refractivity contribution in [3.05, 3.63) is 58.6 Å². The van der Waals surface area contributed by atoms with Crippen LogP contribution in [-0.2, 0) is 14.8 Å². The summed E-state index contributed by atoms with van der Waals surface area (Å²) in [5.74, 6) is 0.106. The first-order chi connectivity index (χ1) is 14.2. The molecule has 162 valence electrons. The first kappa shape index (κ1) is 22.9. The highest BCUT2D eigenvalue weighted by Gasteiger charge is 2.28. The molecule has 2 atom stereocenters. The quantitative estimate of drug-likeness (QED) is 0.615. The maximum absolute atomic E-state index is 12.7. The number of anilines is 1. The van der Waals surface area contributed by atoms with Crippen molar-refractivity contribution < 1.29 is 13.2 Å². The Hall–Kier alpha value is -1.74. The minimum atomic E-state index is -3.53. The van der Waals surface area contributed by atoms with E-state index in [1.54, 1.807) is 24.3 Å². The number of sulfonamides is 1. The number of likely N-dealkylation sites (tertiary alicyclic amines) is 1. The van der Waals surface area contributed by atoms with E-state index in [4.69, 9.17) is 0 Å². The molecule has 1 aliphatic heterocycles. The molecule has 3 rings (SSSR count). The van der Waals surface area contributed by atoms with E-state index in [2.05, 4.69) is 30.9 Å². The van der Waals surface area contributed by atoms with Gasteiger partial charge in [-0.3, -0.25) is 9.69 Å². The van der Waals surface area contributed by atoms with Crippen LogP contribution < -0.4 is 10.0 Å². The summed E-state index contributed by atoms with van der Waals surface area (Å²) >= 11 is 3.41. The lowest BCUT2D eigenvalue weighted by Crippen LogP contribution is -2.48. The summed E-state index contributed by atoms with van der Waals surface area (Å²) in [6.07, 6.45) is 1.87. The molecule has 1 aliphatic rings. The molecule has 1 saturated heterocycles. The van der Waals surface area contributed by atoms with Gasteiger partial charge in [0.05, 0.1) is 10.9 Å². The zero-order chi connectivity index (χ0) is 21.7. The lowest BCUT2D eigenvalue weighted by Gasteiger charge is -2.36. The minimum Gasteiger partial charge on any atom is -0.325 e. The first-order valence-corrected chi connectivity index (χ1v) is 12.4. The SMILES string of the molecule is Cc1ccc(S(=O)(=O)NCC2CCCN(C(C)C(=O)Nc3cccc(Br)c3)C2)cc1. The van der Waals surface area contributed by atoms with Crippen molar-refractivity contribution in [2.24, 2.45) is 5.92 Å². The van der Waals surface area contributed by atoms with Gasteiger partial charge in [0, 0.05) is 23.2 Å². The van der Waals surface area contributed by atoms with Gasteiger partial charge in [-0.05, 0) is 69.5 Å². The van der Waals surface area contributed by atoms with E-state index >= 15 is 0 Å². The molecule has 30 heavy (non-hydrogen) atoms. The molecule has 2 aromatic carbocycles. The van der Waals surface area contributed by atoms with E-state index in [0.29, 0.717) is 13.1 Å². The molecule has 1 amide bonds. The molecular formula is C22H28BrN3O3S. The van der Waals surface area contributed by atoms with Crippen LogP contribution in [0, 0.1) is 12.8 Å². The van der Waals surface area contributed by atoms with E-state index < -0.39 is 10.0 Å². The number of halogens is 1. The van der Waals surface area contributed by atoms with Gasteiger partial charge in [-0.1, -0.05) is 39.7 Å². The van der Waals surface area contributed by atoms with Crippen molar-refractivity contribution in [2.45, 2.75) is 37.6 Å². The predicted octanol–water partition coefficient (Wildman–Crippen LogP) is 3.78. The first-order valence-electron chi connectivity index (χ1n) is 10.1. The Morgan fingerprint density at radius 3 is 2.67 bits per heavy atom. The summed E-state index contributed by atoms with van der Waals surface area (Å²) < 4.78 is 28.7. The Balaban J connectivity index is 1.55. The van der Waals surface area contributed by atoms with Crippen molar-refractivity contribution in [1.29, 1.82) is 0 Å². The van der Waals surface area contributed by atoms with Crippen molar-refractivity contribution in [2.75, 3.05) is 25.0 Å². The highest BCUT2D eigenvalue weighted by atomic mass is 79.9. The number of benzene rings is 2. The van der Waals surface area contributed by atoms with Crippen LogP contribution in [-0.4, -0.2) is 44.9 Å². The Bertz CT molecular complexity index is 979. The summed E-state index contributed by atoms with van der Waals surface area (Å²) in [6.45, 7) is 5.70. The molecule has 6 nitrogen and oxygen atoms in total. The number of nitrogens with zero attached hydrogens (tertiary/aromatic N) is 1. The number of hydrogen-bond donors (Lipinski definition) is 2. The summed E-state index contributed by atoms with van der Waals surface area (Å²) in [5.41, 5.74) is 1.77. The van der Waals surface area contributed by atoms with Crippen LogP contribution in [0.5, 0.6) is 0 Å². The number of piperidine rings is 1. The Morgan fingerprint density at radius 2 is 1.97 bits per heavy atom. The number of amides is 1. The van der Waals surface area contributed by atoms with Crippen LogP contribution in [0.15, 0.2) is 57.9 Å². The van der Waals surface area contributed by atoms with E-state index in [1.807, 2.05) is 38.1 Å². The summed E-state index contributed by atoms with van der Waals surface area (Å²) in [6, 6.07) is 14.1. The van der Waals surface area contributed by atoms with E-state index in [0.717, 1.165) is 35.1 Å². The molecule has 1 heterocycles. The smallest absolute Gasteiger partial charge is 0.241 e. The molecule has 0 radical (unpaired) electrons. The van der Waals surface area contributed by atoms with Crippen LogP contribution in [0.1, 0.15) is 25.3 Å². The maximum atomic E-state index is 12.7. The molecule has 2 unspecified atom stereocenters. The lowest BCUT2D eigenvalue weighted by atomic mass is 9.97. The van der Waals surface area contributed by atoms with Gasteiger partial charge in [0.25, 0.3) is 0 Å². The van der Waals surface area contributed by atoms with Crippen LogP contribution >= 0.6 is 15.9 Å². The second kappa shape index (κ2) is 10.0. The van der Waals surface area contributed by atoms with Crippen LogP contribution in [0.25, 0.3) is 0 Å². The fourth-order valence-electron chi connectivity index (χ4n) is 3.62. The van der Waals surface area contributed by atoms with Crippen LogP contribution in [0.2, 0.25) is 0 Å². The van der Waals surface area contributed by atoms with Gasteiger partial charge in [-0.25, -0.2) is 13.1 Å². The van der Waals surface area contributed by atoms with Gasteiger partial charge >= 0.3 is 0 Å². The van der Waals surface area contributed by atoms with Crippen molar-refractivity contribution in [1.82, 2.24) is 9.62 Å². The van der Waals surface area contributed by atoms with Crippen molar-refractivity contribution >= 4 is 37.5 Å². The predicted molar refractivity (Wildman–Crippen MR) is 123 cm³/mol. The van der Waals surface area contributed by atoms with Crippen molar-refractivity contribution in [3.63, 3.8) is 0 Å². The lowest BCUT2D eigenvalue weighted by molar-refractivity contribution is -0.121. The van der Waals surface area contributed by atoms with Gasteiger partial charge in [-0.2, -0.15) is 0 Å². The molecule has 0 aliphatic carbocycles. The number of rotatable bonds is 7. The van der Waals surface area contributed by atoms with Crippen molar-refractivity contribution in [3.8, 4) is 0 Å². The van der Waals surface area contributed by atoms with Crippen LogP contribution in [0.4, 0.5) is 5.69 Å². The van der Waals surface area contributed by atoms with Crippen LogP contribution in [0.3, 0.4) is 0 Å².